The van der Waals surface area contributed by atoms with Gasteiger partial charge in [0.15, 0.2) is 0 Å². The van der Waals surface area contributed by atoms with Crippen LogP contribution in [0.15, 0.2) is 88.1 Å². The molecular formula is C29H23NO8. The monoisotopic (exact) mass is 513 g/mol. The molecule has 0 fully saturated rings. The van der Waals surface area contributed by atoms with Gasteiger partial charge in [0.05, 0.1) is 5.56 Å². The Hall–Kier alpha value is -4.89. The number of carbonyl (C=O) groups excluding carboxylic acids is 4. The maximum absolute atomic E-state index is 12.6. The molecule has 4 aromatic rings. The van der Waals surface area contributed by atoms with Crippen molar-refractivity contribution in [1.29, 1.82) is 0 Å². The molecule has 0 saturated heterocycles. The van der Waals surface area contributed by atoms with E-state index in [2.05, 4.69) is 5.32 Å². The van der Waals surface area contributed by atoms with Gasteiger partial charge in [-0.2, -0.15) is 0 Å². The van der Waals surface area contributed by atoms with E-state index in [1.54, 1.807) is 43.5 Å². The lowest BCUT2D eigenvalue weighted by Crippen LogP contribution is -2.29. The van der Waals surface area contributed by atoms with E-state index in [-0.39, 0.29) is 33.6 Å². The summed E-state index contributed by atoms with van der Waals surface area (Å²) in [7, 11) is 1.56. The third-order valence-electron chi connectivity index (χ3n) is 5.60. The number of esters is 1. The number of ketones is 2. The fourth-order valence-electron chi connectivity index (χ4n) is 3.60. The molecule has 38 heavy (non-hydrogen) atoms. The summed E-state index contributed by atoms with van der Waals surface area (Å²) < 4.78 is 15.6. The quantitative estimate of drug-likeness (QED) is 0.0846. The number of fused-ring (bicyclic) bond motifs is 1. The van der Waals surface area contributed by atoms with E-state index in [1.165, 1.54) is 42.5 Å². The van der Waals surface area contributed by atoms with Crippen LogP contribution >= 0.6 is 0 Å². The third kappa shape index (κ3) is 6.08. The summed E-state index contributed by atoms with van der Waals surface area (Å²) in [5.74, 6) is -2.50. The molecule has 0 aliphatic heterocycles. The lowest BCUT2D eigenvalue weighted by molar-refractivity contribution is 0.0734. The predicted molar refractivity (Wildman–Crippen MR) is 138 cm³/mol. The Morgan fingerprint density at radius 3 is 2.16 bits per heavy atom. The Bertz CT molecular complexity index is 1560. The summed E-state index contributed by atoms with van der Waals surface area (Å²) in [6.45, 7) is 0.821. The number of carbonyl (C=O) groups is 4. The smallest absolute Gasteiger partial charge is 0.349 e. The van der Waals surface area contributed by atoms with Crippen LogP contribution in [0.1, 0.15) is 47.9 Å². The SMILES string of the molecule is COCCCNC(=O)c1cc2ccc(OC(=O)c3ccc(C(=O)C(=O)c4ccccc4)cc3)cc2oc1=O. The van der Waals surface area contributed by atoms with Crippen LogP contribution in [0, 0.1) is 0 Å². The second-order valence-electron chi connectivity index (χ2n) is 8.24. The number of amides is 1. The first-order valence-electron chi connectivity index (χ1n) is 11.7. The maximum atomic E-state index is 12.6. The highest BCUT2D eigenvalue weighted by atomic mass is 16.5. The van der Waals surface area contributed by atoms with Gasteiger partial charge in [0, 0.05) is 42.8 Å². The van der Waals surface area contributed by atoms with E-state index in [0.717, 1.165) is 0 Å². The van der Waals surface area contributed by atoms with Crippen molar-refractivity contribution in [1.82, 2.24) is 5.32 Å². The van der Waals surface area contributed by atoms with Gasteiger partial charge >= 0.3 is 11.6 Å². The van der Waals surface area contributed by atoms with Crippen molar-refractivity contribution in [2.75, 3.05) is 20.3 Å². The van der Waals surface area contributed by atoms with Crippen LogP contribution in [-0.2, 0) is 4.74 Å². The van der Waals surface area contributed by atoms with E-state index >= 15 is 0 Å². The summed E-state index contributed by atoms with van der Waals surface area (Å²) in [6, 6.07) is 19.5. The molecule has 1 heterocycles. The Morgan fingerprint density at radius 2 is 1.47 bits per heavy atom. The fourth-order valence-corrected chi connectivity index (χ4v) is 3.60. The molecule has 0 spiro atoms. The Labute approximate surface area is 217 Å². The zero-order valence-electron chi connectivity index (χ0n) is 20.4. The van der Waals surface area contributed by atoms with Gasteiger partial charge in [-0.05, 0) is 36.8 Å². The minimum atomic E-state index is -0.824. The fraction of sp³-hybridized carbons (Fsp3) is 0.138. The largest absolute Gasteiger partial charge is 0.423 e. The standard InChI is InChI=1S/C29H23NO8/c1-36-15-5-14-30-27(33)23-16-21-12-13-22(17-24(21)38-29(23)35)37-28(34)20-10-8-19(9-11-20)26(32)25(31)18-6-3-2-4-7-18/h2-4,6-13,16-17H,5,14-15H2,1H3,(H,30,33). The molecule has 0 saturated carbocycles. The second kappa shape index (κ2) is 11.9. The van der Waals surface area contributed by atoms with Crippen LogP contribution in [0.3, 0.4) is 0 Å². The molecular weight excluding hydrogens is 490 g/mol. The van der Waals surface area contributed by atoms with Crippen molar-refractivity contribution >= 4 is 34.4 Å². The zero-order valence-corrected chi connectivity index (χ0v) is 20.4. The molecule has 0 unspecified atom stereocenters. The number of methoxy groups -OCH3 is 1. The Balaban J connectivity index is 1.44. The highest BCUT2D eigenvalue weighted by Crippen LogP contribution is 2.22. The van der Waals surface area contributed by atoms with Crippen LogP contribution in [0.4, 0.5) is 0 Å². The maximum Gasteiger partial charge on any atom is 0.349 e. The first-order chi connectivity index (χ1) is 18.4. The molecule has 1 N–H and O–H groups in total. The van der Waals surface area contributed by atoms with Crippen molar-refractivity contribution in [3.8, 4) is 5.75 Å². The molecule has 0 bridgehead atoms. The van der Waals surface area contributed by atoms with Crippen molar-refractivity contribution in [3.05, 3.63) is 112 Å². The normalized spacial score (nSPS) is 10.7. The van der Waals surface area contributed by atoms with Gasteiger partial charge in [0.25, 0.3) is 5.91 Å². The molecule has 0 aliphatic rings. The van der Waals surface area contributed by atoms with E-state index in [0.29, 0.717) is 25.0 Å². The zero-order chi connectivity index (χ0) is 27.1. The van der Waals surface area contributed by atoms with Crippen LogP contribution in [0.2, 0.25) is 0 Å². The molecule has 0 atom stereocenters. The number of Topliss-reactive ketones (excluding diaryl/α,β-unsaturated/α-hetero) is 2. The molecule has 1 aromatic heterocycles. The lowest BCUT2D eigenvalue weighted by Gasteiger charge is -2.07. The first-order valence-corrected chi connectivity index (χ1v) is 11.7. The van der Waals surface area contributed by atoms with Crippen LogP contribution in [-0.4, -0.2) is 43.7 Å². The van der Waals surface area contributed by atoms with Crippen LogP contribution in [0.25, 0.3) is 11.0 Å². The van der Waals surface area contributed by atoms with Crippen molar-refractivity contribution in [2.45, 2.75) is 6.42 Å². The summed E-state index contributed by atoms with van der Waals surface area (Å²) >= 11 is 0. The molecule has 0 aliphatic carbocycles. The molecule has 1 amide bonds. The number of hydrogen-bond donors (Lipinski definition) is 1. The van der Waals surface area contributed by atoms with E-state index in [4.69, 9.17) is 13.9 Å². The van der Waals surface area contributed by atoms with Crippen LogP contribution < -0.4 is 15.7 Å². The topological polar surface area (TPSA) is 129 Å². The number of hydrogen-bond acceptors (Lipinski definition) is 8. The summed E-state index contributed by atoms with van der Waals surface area (Å²) in [4.78, 5) is 62.1. The highest BCUT2D eigenvalue weighted by molar-refractivity contribution is 6.49. The second-order valence-corrected chi connectivity index (χ2v) is 8.24. The van der Waals surface area contributed by atoms with Crippen molar-refractivity contribution in [3.63, 3.8) is 0 Å². The Morgan fingerprint density at radius 1 is 0.816 bits per heavy atom. The summed E-state index contributed by atoms with van der Waals surface area (Å²) in [5.41, 5.74) is -0.261. The average Bonchev–Trinajstić information content (AvgIpc) is 2.94. The summed E-state index contributed by atoms with van der Waals surface area (Å²) in [6.07, 6.45) is 0.598. The number of nitrogens with one attached hydrogen (secondary N) is 1. The molecule has 192 valence electrons. The number of ether oxygens (including phenoxy) is 2. The van der Waals surface area contributed by atoms with E-state index in [1.807, 2.05) is 0 Å². The van der Waals surface area contributed by atoms with Crippen molar-refractivity contribution in [2.24, 2.45) is 0 Å². The number of benzene rings is 3. The van der Waals surface area contributed by atoms with Crippen LogP contribution in [0.5, 0.6) is 5.75 Å². The Kier molecular flexibility index (Phi) is 8.20. The number of rotatable bonds is 10. The predicted octanol–water partition coefficient (Wildman–Crippen LogP) is 3.84. The molecule has 9 nitrogen and oxygen atoms in total. The molecule has 9 heteroatoms. The van der Waals surface area contributed by atoms with Gasteiger partial charge < -0.3 is 19.2 Å². The van der Waals surface area contributed by atoms with E-state index < -0.39 is 29.1 Å². The molecule has 3 aromatic carbocycles. The minimum absolute atomic E-state index is 0.113. The lowest BCUT2D eigenvalue weighted by atomic mass is 10.0. The summed E-state index contributed by atoms with van der Waals surface area (Å²) in [5, 5.41) is 3.10. The van der Waals surface area contributed by atoms with Gasteiger partial charge in [0.2, 0.25) is 11.6 Å². The van der Waals surface area contributed by atoms with Gasteiger partial charge in [-0.15, -0.1) is 0 Å². The first kappa shape index (κ1) is 26.2. The molecule has 4 rings (SSSR count). The third-order valence-corrected chi connectivity index (χ3v) is 5.60. The van der Waals surface area contributed by atoms with Gasteiger partial charge in [-0.1, -0.05) is 42.5 Å². The van der Waals surface area contributed by atoms with Gasteiger partial charge in [-0.25, -0.2) is 9.59 Å². The highest BCUT2D eigenvalue weighted by Gasteiger charge is 2.19. The average molecular weight is 514 g/mol. The molecule has 0 radical (unpaired) electrons. The van der Waals surface area contributed by atoms with Gasteiger partial charge in [0.1, 0.15) is 16.9 Å². The van der Waals surface area contributed by atoms with E-state index in [9.17, 15) is 24.0 Å². The van der Waals surface area contributed by atoms with Crippen molar-refractivity contribution < 1.29 is 33.1 Å². The minimum Gasteiger partial charge on any atom is -0.423 e. The van der Waals surface area contributed by atoms with Gasteiger partial charge in [-0.3, -0.25) is 14.4 Å².